The van der Waals surface area contributed by atoms with Crippen LogP contribution in [0.5, 0.6) is 0 Å². The predicted molar refractivity (Wildman–Crippen MR) is 65.2 cm³/mol. The van der Waals surface area contributed by atoms with Gasteiger partial charge in [-0.1, -0.05) is 26.7 Å². The van der Waals surface area contributed by atoms with Gasteiger partial charge in [0.2, 0.25) is 0 Å². The molecule has 0 atom stereocenters. The van der Waals surface area contributed by atoms with Crippen LogP contribution in [0.25, 0.3) is 0 Å². The zero-order valence-electron chi connectivity index (χ0n) is 10.5. The zero-order valence-corrected chi connectivity index (χ0v) is 10.5. The Morgan fingerprint density at radius 2 is 1.73 bits per heavy atom. The molecule has 2 heteroatoms. The highest BCUT2D eigenvalue weighted by Gasteiger charge is 2.17. The Hall–Kier alpha value is -0.0800. The highest BCUT2D eigenvalue weighted by Crippen LogP contribution is 2.15. The molecule has 1 fully saturated rings. The number of ether oxygens (including phenoxy) is 1. The van der Waals surface area contributed by atoms with Crippen molar-refractivity contribution in [3.8, 4) is 0 Å². The maximum Gasteiger partial charge on any atom is 0.0593 e. The first kappa shape index (κ1) is 13.0. The molecule has 90 valence electrons. The summed E-state index contributed by atoms with van der Waals surface area (Å²) in [5.74, 6) is 0. The molecule has 0 unspecified atom stereocenters. The summed E-state index contributed by atoms with van der Waals surface area (Å²) in [7, 11) is 0. The molecule has 0 bridgehead atoms. The van der Waals surface area contributed by atoms with E-state index in [-0.39, 0.29) is 0 Å². The molecule has 0 amide bonds. The summed E-state index contributed by atoms with van der Waals surface area (Å²) in [6.07, 6.45) is 7.87. The summed E-state index contributed by atoms with van der Waals surface area (Å²) >= 11 is 0. The molecule has 0 N–H and O–H groups in total. The molecule has 0 aromatic carbocycles. The van der Waals surface area contributed by atoms with Gasteiger partial charge in [-0.3, -0.25) is 4.90 Å². The fourth-order valence-electron chi connectivity index (χ4n) is 2.46. The molecule has 1 aliphatic rings. The Labute approximate surface area is 95.0 Å². The van der Waals surface area contributed by atoms with Crippen molar-refractivity contribution in [1.29, 1.82) is 0 Å². The second-order valence-corrected chi connectivity index (χ2v) is 4.59. The molecule has 1 saturated heterocycles. The third kappa shape index (κ3) is 4.98. The van der Waals surface area contributed by atoms with Gasteiger partial charge in [0.15, 0.2) is 0 Å². The maximum absolute atomic E-state index is 5.57. The van der Waals surface area contributed by atoms with Crippen molar-refractivity contribution in [2.45, 2.75) is 58.4 Å². The second-order valence-electron chi connectivity index (χ2n) is 4.59. The number of rotatable bonds is 5. The normalized spacial score (nSPS) is 20.2. The summed E-state index contributed by atoms with van der Waals surface area (Å²) in [4.78, 5) is 2.66. The molecule has 1 aliphatic heterocycles. The molecule has 1 rings (SSSR count). The SMILES string of the molecule is CCCC(CCC)N1CCCCOCC1. The van der Waals surface area contributed by atoms with E-state index in [0.29, 0.717) is 0 Å². The van der Waals surface area contributed by atoms with E-state index in [1.165, 1.54) is 45.1 Å². The van der Waals surface area contributed by atoms with Crippen molar-refractivity contribution < 1.29 is 4.74 Å². The summed E-state index contributed by atoms with van der Waals surface area (Å²) in [5, 5.41) is 0. The van der Waals surface area contributed by atoms with E-state index in [2.05, 4.69) is 18.7 Å². The van der Waals surface area contributed by atoms with Gasteiger partial charge in [0.1, 0.15) is 0 Å². The second kappa shape index (κ2) is 8.12. The van der Waals surface area contributed by atoms with Gasteiger partial charge in [-0.05, 0) is 32.2 Å². The number of hydrogen-bond donors (Lipinski definition) is 0. The summed E-state index contributed by atoms with van der Waals surface area (Å²) in [5.41, 5.74) is 0. The van der Waals surface area contributed by atoms with E-state index in [9.17, 15) is 0 Å². The van der Waals surface area contributed by atoms with Crippen LogP contribution in [0.1, 0.15) is 52.4 Å². The van der Waals surface area contributed by atoms with Gasteiger partial charge < -0.3 is 4.74 Å². The number of hydrogen-bond acceptors (Lipinski definition) is 2. The third-order valence-corrected chi connectivity index (χ3v) is 3.27. The fourth-order valence-corrected chi connectivity index (χ4v) is 2.46. The topological polar surface area (TPSA) is 12.5 Å². The smallest absolute Gasteiger partial charge is 0.0593 e. The van der Waals surface area contributed by atoms with Gasteiger partial charge in [-0.2, -0.15) is 0 Å². The Morgan fingerprint density at radius 3 is 2.40 bits per heavy atom. The van der Waals surface area contributed by atoms with Gasteiger partial charge in [-0.25, -0.2) is 0 Å². The molecule has 2 nitrogen and oxygen atoms in total. The van der Waals surface area contributed by atoms with Gasteiger partial charge in [0, 0.05) is 19.2 Å². The highest BCUT2D eigenvalue weighted by molar-refractivity contribution is 4.72. The molecular formula is C13H27NO. The van der Waals surface area contributed by atoms with Crippen molar-refractivity contribution in [1.82, 2.24) is 4.90 Å². The molecule has 15 heavy (non-hydrogen) atoms. The van der Waals surface area contributed by atoms with Gasteiger partial charge in [0.05, 0.1) is 6.61 Å². The van der Waals surface area contributed by atoms with Crippen LogP contribution in [0.3, 0.4) is 0 Å². The van der Waals surface area contributed by atoms with E-state index in [4.69, 9.17) is 4.74 Å². The van der Waals surface area contributed by atoms with E-state index in [1.54, 1.807) is 0 Å². The minimum atomic E-state index is 0.807. The number of nitrogens with zero attached hydrogens (tertiary/aromatic N) is 1. The summed E-state index contributed by atoms with van der Waals surface area (Å²) < 4.78 is 5.57. The van der Waals surface area contributed by atoms with Crippen LogP contribution in [-0.4, -0.2) is 37.2 Å². The monoisotopic (exact) mass is 213 g/mol. The van der Waals surface area contributed by atoms with Crippen LogP contribution in [0.2, 0.25) is 0 Å². The van der Waals surface area contributed by atoms with Crippen LogP contribution < -0.4 is 0 Å². The third-order valence-electron chi connectivity index (χ3n) is 3.27. The van der Waals surface area contributed by atoms with Crippen LogP contribution in [0.15, 0.2) is 0 Å². The van der Waals surface area contributed by atoms with Gasteiger partial charge in [-0.15, -0.1) is 0 Å². The molecule has 0 saturated carbocycles. The van der Waals surface area contributed by atoms with Crippen LogP contribution in [0, 0.1) is 0 Å². The first-order chi connectivity index (χ1) is 7.38. The lowest BCUT2D eigenvalue weighted by atomic mass is 10.0. The van der Waals surface area contributed by atoms with E-state index in [0.717, 1.165) is 25.8 Å². The Bertz CT molecular complexity index is 135. The van der Waals surface area contributed by atoms with E-state index < -0.39 is 0 Å². The molecular weight excluding hydrogens is 186 g/mol. The molecule has 0 aromatic heterocycles. The Balaban J connectivity index is 2.38. The molecule has 1 heterocycles. The summed E-state index contributed by atoms with van der Waals surface area (Å²) in [6, 6.07) is 0.807. The average Bonchev–Trinajstić information content (AvgIpc) is 2.17. The minimum Gasteiger partial charge on any atom is -0.380 e. The van der Waals surface area contributed by atoms with Crippen LogP contribution in [0.4, 0.5) is 0 Å². The van der Waals surface area contributed by atoms with Gasteiger partial charge >= 0.3 is 0 Å². The van der Waals surface area contributed by atoms with Crippen molar-refractivity contribution in [2.75, 3.05) is 26.3 Å². The molecule has 0 aliphatic carbocycles. The lowest BCUT2D eigenvalue weighted by molar-refractivity contribution is 0.0582. The zero-order chi connectivity index (χ0) is 10.9. The van der Waals surface area contributed by atoms with Gasteiger partial charge in [0.25, 0.3) is 0 Å². The average molecular weight is 213 g/mol. The largest absolute Gasteiger partial charge is 0.380 e. The van der Waals surface area contributed by atoms with Crippen molar-refractivity contribution in [3.63, 3.8) is 0 Å². The quantitative estimate of drug-likeness (QED) is 0.696. The Morgan fingerprint density at radius 1 is 1.00 bits per heavy atom. The van der Waals surface area contributed by atoms with Crippen LogP contribution >= 0.6 is 0 Å². The lowest BCUT2D eigenvalue weighted by Gasteiger charge is -2.32. The maximum atomic E-state index is 5.57. The Kier molecular flexibility index (Phi) is 7.03. The van der Waals surface area contributed by atoms with Crippen molar-refractivity contribution in [3.05, 3.63) is 0 Å². The first-order valence-corrected chi connectivity index (χ1v) is 6.70. The standard InChI is InChI=1S/C13H27NO/c1-3-7-13(8-4-2)14-9-5-6-11-15-12-10-14/h13H,3-12H2,1-2H3. The molecule has 0 radical (unpaired) electrons. The predicted octanol–water partition coefficient (Wildman–Crippen LogP) is 3.07. The fraction of sp³-hybridized carbons (Fsp3) is 1.00. The van der Waals surface area contributed by atoms with Crippen molar-refractivity contribution in [2.24, 2.45) is 0 Å². The first-order valence-electron chi connectivity index (χ1n) is 6.70. The summed E-state index contributed by atoms with van der Waals surface area (Å²) in [6.45, 7) is 8.93. The molecule has 0 spiro atoms. The lowest BCUT2D eigenvalue weighted by Crippen LogP contribution is -2.39. The molecule has 0 aromatic rings. The minimum absolute atomic E-state index is 0.807. The van der Waals surface area contributed by atoms with E-state index in [1.807, 2.05) is 0 Å². The van der Waals surface area contributed by atoms with Crippen LogP contribution in [-0.2, 0) is 4.74 Å². The van der Waals surface area contributed by atoms with Crippen molar-refractivity contribution >= 4 is 0 Å². The highest BCUT2D eigenvalue weighted by atomic mass is 16.5. The van der Waals surface area contributed by atoms with E-state index >= 15 is 0 Å².